The number of rotatable bonds is 3. The lowest BCUT2D eigenvalue weighted by atomic mass is 9.98. The number of alkyl halides is 3. The van der Waals surface area contributed by atoms with Crippen LogP contribution in [0.5, 0.6) is 0 Å². The van der Waals surface area contributed by atoms with Gasteiger partial charge in [0, 0.05) is 17.1 Å². The number of hydrogen-bond donors (Lipinski definition) is 1. The molecule has 2 atom stereocenters. The summed E-state index contributed by atoms with van der Waals surface area (Å²) in [7, 11) is -1.44. The maximum Gasteiger partial charge on any atom is 0.443 e. The van der Waals surface area contributed by atoms with Crippen LogP contribution in [0.3, 0.4) is 0 Å². The fourth-order valence-corrected chi connectivity index (χ4v) is 5.09. The molecule has 0 amide bonds. The molecule has 0 bridgehead atoms. The van der Waals surface area contributed by atoms with Gasteiger partial charge in [0.25, 0.3) is 0 Å². The first-order chi connectivity index (χ1) is 8.73. The Labute approximate surface area is 113 Å². The Morgan fingerprint density at radius 3 is 2.63 bits per heavy atom. The number of sulfone groups is 1. The average Bonchev–Trinajstić information content (AvgIpc) is 2.86. The van der Waals surface area contributed by atoms with Crippen LogP contribution in [0.15, 0.2) is 6.20 Å². The molecule has 1 aliphatic heterocycles. The number of aromatic nitrogens is 1. The third-order valence-electron chi connectivity index (χ3n) is 3.12. The molecular weight excluding hydrogens is 301 g/mol. The smallest absolute Gasteiger partial charge is 0.312 e. The predicted octanol–water partition coefficient (Wildman–Crippen LogP) is 1.86. The summed E-state index contributed by atoms with van der Waals surface area (Å²) in [6.07, 6.45) is -2.81. The second-order valence-corrected chi connectivity index (χ2v) is 7.79. The molecule has 1 aromatic heterocycles. The molecule has 2 rings (SSSR count). The van der Waals surface area contributed by atoms with Crippen LogP contribution < -0.4 is 5.32 Å². The predicted molar refractivity (Wildman–Crippen MR) is 65.7 cm³/mol. The van der Waals surface area contributed by atoms with Gasteiger partial charge in [-0.05, 0) is 19.4 Å². The molecule has 1 N–H and O–H groups in total. The van der Waals surface area contributed by atoms with E-state index in [4.69, 9.17) is 0 Å². The Hall–Kier alpha value is -0.670. The van der Waals surface area contributed by atoms with Gasteiger partial charge < -0.3 is 5.32 Å². The van der Waals surface area contributed by atoms with E-state index < -0.39 is 27.1 Å². The van der Waals surface area contributed by atoms with Crippen molar-refractivity contribution < 1.29 is 21.6 Å². The van der Waals surface area contributed by atoms with Crippen molar-refractivity contribution in [2.75, 3.05) is 18.6 Å². The molecule has 108 valence electrons. The van der Waals surface area contributed by atoms with E-state index in [1.807, 2.05) is 0 Å². The van der Waals surface area contributed by atoms with Crippen molar-refractivity contribution in [1.29, 1.82) is 0 Å². The molecule has 0 aromatic carbocycles. The summed E-state index contributed by atoms with van der Waals surface area (Å²) >= 11 is 0.566. The van der Waals surface area contributed by atoms with Gasteiger partial charge in [0.15, 0.2) is 14.8 Å². The minimum Gasteiger partial charge on any atom is -0.312 e. The van der Waals surface area contributed by atoms with Crippen molar-refractivity contribution in [3.05, 3.63) is 16.1 Å². The second kappa shape index (κ2) is 5.02. The number of hydrogen-bond acceptors (Lipinski definition) is 5. The molecule has 9 heteroatoms. The lowest BCUT2D eigenvalue weighted by Crippen LogP contribution is -2.25. The van der Waals surface area contributed by atoms with E-state index in [9.17, 15) is 21.6 Å². The maximum atomic E-state index is 12.5. The standard InChI is InChI=1S/C10H13F3N2O2S2/c1-14-8(6-2-3-19(16,17)5-6)7-4-15-9(18-7)10(11,12)13/h4,6,8,14H,2-3,5H2,1H3. The van der Waals surface area contributed by atoms with Gasteiger partial charge in [-0.1, -0.05) is 0 Å². The van der Waals surface area contributed by atoms with Gasteiger partial charge in [0.1, 0.15) is 0 Å². The van der Waals surface area contributed by atoms with Crippen molar-refractivity contribution in [2.24, 2.45) is 5.92 Å². The summed E-state index contributed by atoms with van der Waals surface area (Å²) in [6, 6.07) is -0.397. The van der Waals surface area contributed by atoms with Gasteiger partial charge in [-0.15, -0.1) is 11.3 Å². The Bertz CT molecular complexity index is 553. The minimum atomic E-state index is -4.46. The molecule has 4 nitrogen and oxygen atoms in total. The molecule has 1 saturated heterocycles. The van der Waals surface area contributed by atoms with Gasteiger partial charge in [-0.3, -0.25) is 0 Å². The molecule has 19 heavy (non-hydrogen) atoms. The van der Waals surface area contributed by atoms with Gasteiger partial charge in [-0.2, -0.15) is 13.2 Å². The van der Waals surface area contributed by atoms with E-state index in [0.717, 1.165) is 0 Å². The molecule has 1 aromatic rings. The highest BCUT2D eigenvalue weighted by Crippen LogP contribution is 2.38. The van der Waals surface area contributed by atoms with Crippen LogP contribution in [0.1, 0.15) is 22.3 Å². The first-order valence-electron chi connectivity index (χ1n) is 5.63. The zero-order valence-corrected chi connectivity index (χ0v) is 11.7. The summed E-state index contributed by atoms with van der Waals surface area (Å²) in [5, 5.41) is 2.00. The lowest BCUT2D eigenvalue weighted by Gasteiger charge is -2.20. The molecule has 0 aliphatic carbocycles. The molecule has 1 fully saturated rings. The first kappa shape index (κ1) is 14.7. The van der Waals surface area contributed by atoms with E-state index in [-0.39, 0.29) is 17.4 Å². The zero-order chi connectivity index (χ0) is 14.3. The fourth-order valence-electron chi connectivity index (χ4n) is 2.26. The van der Waals surface area contributed by atoms with Crippen LogP contribution in [0, 0.1) is 5.92 Å². The van der Waals surface area contributed by atoms with E-state index in [1.165, 1.54) is 6.20 Å². The van der Waals surface area contributed by atoms with Gasteiger partial charge in [0.2, 0.25) is 0 Å². The van der Waals surface area contributed by atoms with Crippen LogP contribution in [-0.4, -0.2) is 32.0 Å². The largest absolute Gasteiger partial charge is 0.443 e. The summed E-state index contributed by atoms with van der Waals surface area (Å²) in [5.41, 5.74) is 0. The van der Waals surface area contributed by atoms with Crippen LogP contribution >= 0.6 is 11.3 Å². The highest BCUT2D eigenvalue weighted by Gasteiger charge is 2.38. The zero-order valence-electron chi connectivity index (χ0n) is 10.1. The minimum absolute atomic E-state index is 0.0117. The van der Waals surface area contributed by atoms with Gasteiger partial charge in [0.05, 0.1) is 11.5 Å². The third kappa shape index (κ3) is 3.26. The SMILES string of the molecule is CNC(c1cnc(C(F)(F)F)s1)C1CCS(=O)(=O)C1. The lowest BCUT2D eigenvalue weighted by molar-refractivity contribution is -0.137. The third-order valence-corrected chi connectivity index (χ3v) is 6.04. The highest BCUT2D eigenvalue weighted by molar-refractivity contribution is 7.91. The Balaban J connectivity index is 2.21. The van der Waals surface area contributed by atoms with Crippen molar-refractivity contribution in [3.63, 3.8) is 0 Å². The molecule has 0 saturated carbocycles. The monoisotopic (exact) mass is 314 g/mol. The van der Waals surface area contributed by atoms with E-state index >= 15 is 0 Å². The normalized spacial score (nSPS) is 24.5. The van der Waals surface area contributed by atoms with Crippen molar-refractivity contribution in [2.45, 2.75) is 18.6 Å². The average molecular weight is 314 g/mol. The first-order valence-corrected chi connectivity index (χ1v) is 8.27. The van der Waals surface area contributed by atoms with Crippen molar-refractivity contribution >= 4 is 21.2 Å². The second-order valence-electron chi connectivity index (χ2n) is 4.50. The Morgan fingerprint density at radius 1 is 1.53 bits per heavy atom. The van der Waals surface area contributed by atoms with Crippen LogP contribution in [-0.2, 0) is 16.0 Å². The van der Waals surface area contributed by atoms with Crippen molar-refractivity contribution in [1.82, 2.24) is 10.3 Å². The topological polar surface area (TPSA) is 59.1 Å². The highest BCUT2D eigenvalue weighted by atomic mass is 32.2. The molecule has 1 aliphatic rings. The Morgan fingerprint density at radius 2 is 2.21 bits per heavy atom. The maximum absolute atomic E-state index is 12.5. The fraction of sp³-hybridized carbons (Fsp3) is 0.700. The van der Waals surface area contributed by atoms with Crippen LogP contribution in [0.25, 0.3) is 0 Å². The van der Waals surface area contributed by atoms with Gasteiger partial charge >= 0.3 is 6.18 Å². The van der Waals surface area contributed by atoms with Crippen LogP contribution in [0.2, 0.25) is 0 Å². The van der Waals surface area contributed by atoms with E-state index in [0.29, 0.717) is 22.6 Å². The molecular formula is C10H13F3N2O2S2. The number of nitrogens with zero attached hydrogens (tertiary/aromatic N) is 1. The summed E-state index contributed by atoms with van der Waals surface area (Å²) in [4.78, 5) is 3.80. The number of thiazole rings is 1. The number of nitrogens with one attached hydrogen (secondary N) is 1. The van der Waals surface area contributed by atoms with E-state index in [2.05, 4.69) is 10.3 Å². The molecule has 0 spiro atoms. The van der Waals surface area contributed by atoms with Gasteiger partial charge in [-0.25, -0.2) is 13.4 Å². The summed E-state index contributed by atoms with van der Waals surface area (Å²) in [5.74, 6) is -0.0880. The number of halogens is 3. The molecule has 0 radical (unpaired) electrons. The summed E-state index contributed by atoms with van der Waals surface area (Å²) in [6.45, 7) is 0. The Kier molecular flexibility index (Phi) is 3.90. The quantitative estimate of drug-likeness (QED) is 0.925. The summed E-state index contributed by atoms with van der Waals surface area (Å²) < 4.78 is 60.4. The van der Waals surface area contributed by atoms with E-state index in [1.54, 1.807) is 7.05 Å². The molecule has 2 unspecified atom stereocenters. The van der Waals surface area contributed by atoms with Crippen LogP contribution in [0.4, 0.5) is 13.2 Å². The van der Waals surface area contributed by atoms with Crippen molar-refractivity contribution in [3.8, 4) is 0 Å². The molecule has 2 heterocycles.